The molecular weight excluding hydrogens is 306 g/mol. The number of nitrogens with zero attached hydrogens (tertiary/aromatic N) is 2. The lowest BCUT2D eigenvalue weighted by Gasteiger charge is -2.09. The third kappa shape index (κ3) is 3.70. The average molecular weight is 326 g/mol. The molecule has 1 heterocycles. The predicted octanol–water partition coefficient (Wildman–Crippen LogP) is 3.59. The van der Waals surface area contributed by atoms with Gasteiger partial charge in [-0.1, -0.05) is 15.9 Å². The number of unbranched alkanes of at least 4 members (excludes halogenated alkanes) is 1. The summed E-state index contributed by atoms with van der Waals surface area (Å²) < 4.78 is 8.62. The molecule has 4 nitrogen and oxygen atoms in total. The van der Waals surface area contributed by atoms with Gasteiger partial charge in [0, 0.05) is 17.6 Å². The summed E-state index contributed by atoms with van der Waals surface area (Å²) in [7, 11) is 0. The summed E-state index contributed by atoms with van der Waals surface area (Å²) in [5.74, 6) is 0.581. The van der Waals surface area contributed by atoms with E-state index < -0.39 is 0 Å². The number of imidazole rings is 1. The Kier molecular flexibility index (Phi) is 4.82. The monoisotopic (exact) mass is 325 g/mol. The van der Waals surface area contributed by atoms with Gasteiger partial charge in [-0.15, -0.1) is 0 Å². The van der Waals surface area contributed by atoms with Crippen molar-refractivity contribution in [3.63, 3.8) is 0 Å². The van der Waals surface area contributed by atoms with Crippen LogP contribution >= 0.6 is 15.9 Å². The topological polar surface area (TPSA) is 53.1 Å². The maximum absolute atomic E-state index is 5.97. The number of aryl methyl sites for hydroxylation is 1. The molecule has 0 saturated heterocycles. The number of fused-ring (bicyclic) bond motifs is 1. The fourth-order valence-corrected chi connectivity index (χ4v) is 2.40. The zero-order chi connectivity index (χ0) is 13.8. The first-order valence-electron chi connectivity index (χ1n) is 6.61. The van der Waals surface area contributed by atoms with Crippen LogP contribution in [-0.4, -0.2) is 22.3 Å². The van der Waals surface area contributed by atoms with E-state index in [1.54, 1.807) is 0 Å². The van der Waals surface area contributed by atoms with Crippen LogP contribution in [0.25, 0.3) is 11.0 Å². The Balaban J connectivity index is 1.98. The number of benzene rings is 1. The van der Waals surface area contributed by atoms with Crippen molar-refractivity contribution in [2.24, 2.45) is 0 Å². The molecule has 2 aromatic rings. The summed E-state index contributed by atoms with van der Waals surface area (Å²) in [5.41, 5.74) is 8.00. The first kappa shape index (κ1) is 14.3. The van der Waals surface area contributed by atoms with Crippen LogP contribution in [0.15, 0.2) is 22.7 Å². The lowest BCUT2D eigenvalue weighted by molar-refractivity contribution is 0.0755. The van der Waals surface area contributed by atoms with Crippen molar-refractivity contribution in [2.75, 3.05) is 12.3 Å². The molecule has 0 aliphatic heterocycles. The van der Waals surface area contributed by atoms with Crippen molar-refractivity contribution in [1.29, 1.82) is 0 Å². The van der Waals surface area contributed by atoms with Crippen molar-refractivity contribution in [2.45, 2.75) is 39.3 Å². The Bertz CT molecular complexity index is 551. The maximum atomic E-state index is 5.97. The second kappa shape index (κ2) is 6.39. The van der Waals surface area contributed by atoms with E-state index in [0.29, 0.717) is 12.1 Å². The van der Waals surface area contributed by atoms with Crippen molar-refractivity contribution in [3.05, 3.63) is 22.7 Å². The molecule has 0 radical (unpaired) electrons. The molecule has 0 saturated carbocycles. The number of nitrogen functional groups attached to an aromatic ring is 1. The fraction of sp³-hybridized carbons (Fsp3) is 0.500. The van der Waals surface area contributed by atoms with Crippen LogP contribution in [0.1, 0.15) is 26.7 Å². The van der Waals surface area contributed by atoms with Gasteiger partial charge in [0.2, 0.25) is 5.95 Å². The minimum Gasteiger partial charge on any atom is -0.379 e. The van der Waals surface area contributed by atoms with E-state index in [9.17, 15) is 0 Å². The highest BCUT2D eigenvalue weighted by molar-refractivity contribution is 9.10. The summed E-state index contributed by atoms with van der Waals surface area (Å²) in [4.78, 5) is 4.38. The molecule has 2 rings (SSSR count). The second-order valence-electron chi connectivity index (χ2n) is 4.88. The van der Waals surface area contributed by atoms with Gasteiger partial charge in [-0.2, -0.15) is 0 Å². The summed E-state index contributed by atoms with van der Waals surface area (Å²) in [6.07, 6.45) is 2.38. The van der Waals surface area contributed by atoms with E-state index >= 15 is 0 Å². The number of halogens is 1. The van der Waals surface area contributed by atoms with Gasteiger partial charge < -0.3 is 15.0 Å². The highest BCUT2D eigenvalue weighted by Gasteiger charge is 2.07. The van der Waals surface area contributed by atoms with Crippen molar-refractivity contribution >= 4 is 32.9 Å². The Morgan fingerprint density at radius 1 is 1.37 bits per heavy atom. The summed E-state index contributed by atoms with van der Waals surface area (Å²) in [6, 6.07) is 6.05. The molecule has 0 amide bonds. The van der Waals surface area contributed by atoms with E-state index in [1.807, 2.05) is 18.2 Å². The Morgan fingerprint density at radius 2 is 2.16 bits per heavy atom. The molecule has 1 aromatic carbocycles. The van der Waals surface area contributed by atoms with E-state index in [2.05, 4.69) is 39.3 Å². The molecule has 5 heteroatoms. The van der Waals surface area contributed by atoms with Gasteiger partial charge >= 0.3 is 0 Å². The first-order chi connectivity index (χ1) is 9.08. The zero-order valence-corrected chi connectivity index (χ0v) is 13.0. The van der Waals surface area contributed by atoms with E-state index in [-0.39, 0.29) is 0 Å². The van der Waals surface area contributed by atoms with Crippen LogP contribution in [-0.2, 0) is 11.3 Å². The van der Waals surface area contributed by atoms with Gasteiger partial charge in [0.05, 0.1) is 17.1 Å². The molecule has 0 spiro atoms. The highest BCUT2D eigenvalue weighted by atomic mass is 79.9. The third-order valence-electron chi connectivity index (χ3n) is 2.97. The maximum Gasteiger partial charge on any atom is 0.201 e. The van der Waals surface area contributed by atoms with Gasteiger partial charge in [-0.05, 0) is 44.9 Å². The fourth-order valence-electron chi connectivity index (χ4n) is 2.05. The van der Waals surface area contributed by atoms with Crippen LogP contribution in [0.4, 0.5) is 5.95 Å². The van der Waals surface area contributed by atoms with Gasteiger partial charge in [0.25, 0.3) is 0 Å². The van der Waals surface area contributed by atoms with Gasteiger partial charge in [0.15, 0.2) is 0 Å². The molecule has 0 bridgehead atoms. The van der Waals surface area contributed by atoms with Crippen molar-refractivity contribution in [1.82, 2.24) is 9.55 Å². The van der Waals surface area contributed by atoms with Crippen LogP contribution < -0.4 is 5.73 Å². The number of nitrogens with two attached hydrogens (primary N) is 1. The van der Waals surface area contributed by atoms with E-state index in [0.717, 1.165) is 41.5 Å². The predicted molar refractivity (Wildman–Crippen MR) is 82.2 cm³/mol. The molecule has 1 aromatic heterocycles. The minimum absolute atomic E-state index is 0.302. The molecular formula is C14H20BrN3O. The molecule has 19 heavy (non-hydrogen) atoms. The number of anilines is 1. The Labute approximate surface area is 122 Å². The van der Waals surface area contributed by atoms with E-state index in [4.69, 9.17) is 10.5 Å². The van der Waals surface area contributed by atoms with Crippen LogP contribution in [0.5, 0.6) is 0 Å². The van der Waals surface area contributed by atoms with Crippen LogP contribution in [0.2, 0.25) is 0 Å². The van der Waals surface area contributed by atoms with Crippen LogP contribution in [0.3, 0.4) is 0 Å². The number of rotatable bonds is 6. The standard InChI is InChI=1S/C14H20BrN3O/c1-10(2)19-8-4-3-7-18-13-6-5-11(15)9-12(13)17-14(18)16/h5-6,9-10H,3-4,7-8H2,1-2H3,(H2,16,17). The second-order valence-corrected chi connectivity index (χ2v) is 5.80. The molecule has 104 valence electrons. The van der Waals surface area contributed by atoms with Gasteiger partial charge in [-0.3, -0.25) is 0 Å². The SMILES string of the molecule is CC(C)OCCCCn1c(N)nc2cc(Br)ccc21. The average Bonchev–Trinajstić information content (AvgIpc) is 2.64. The van der Waals surface area contributed by atoms with Crippen molar-refractivity contribution < 1.29 is 4.74 Å². The molecule has 0 aliphatic carbocycles. The lowest BCUT2D eigenvalue weighted by Crippen LogP contribution is -2.07. The number of aromatic nitrogens is 2. The lowest BCUT2D eigenvalue weighted by atomic mass is 10.3. The normalized spacial score (nSPS) is 11.6. The minimum atomic E-state index is 0.302. The number of hydrogen-bond donors (Lipinski definition) is 1. The van der Waals surface area contributed by atoms with Crippen LogP contribution in [0, 0.1) is 0 Å². The van der Waals surface area contributed by atoms with Gasteiger partial charge in [-0.25, -0.2) is 4.98 Å². The molecule has 0 aliphatic rings. The Morgan fingerprint density at radius 3 is 2.89 bits per heavy atom. The number of ether oxygens (including phenoxy) is 1. The highest BCUT2D eigenvalue weighted by Crippen LogP contribution is 2.22. The van der Waals surface area contributed by atoms with Crippen molar-refractivity contribution in [3.8, 4) is 0 Å². The first-order valence-corrected chi connectivity index (χ1v) is 7.40. The smallest absolute Gasteiger partial charge is 0.201 e. The molecule has 0 unspecified atom stereocenters. The largest absolute Gasteiger partial charge is 0.379 e. The third-order valence-corrected chi connectivity index (χ3v) is 3.46. The molecule has 2 N–H and O–H groups in total. The summed E-state index contributed by atoms with van der Waals surface area (Å²) in [6.45, 7) is 5.79. The summed E-state index contributed by atoms with van der Waals surface area (Å²) >= 11 is 3.45. The summed E-state index contributed by atoms with van der Waals surface area (Å²) in [5, 5.41) is 0. The zero-order valence-electron chi connectivity index (χ0n) is 11.4. The Hall–Kier alpha value is -1.07. The quantitative estimate of drug-likeness (QED) is 0.826. The van der Waals surface area contributed by atoms with Gasteiger partial charge in [0.1, 0.15) is 0 Å². The van der Waals surface area contributed by atoms with E-state index in [1.165, 1.54) is 0 Å². The number of hydrogen-bond acceptors (Lipinski definition) is 3. The molecule has 0 atom stereocenters. The molecule has 0 fully saturated rings.